The summed E-state index contributed by atoms with van der Waals surface area (Å²) in [6, 6.07) is 22.2. The molecule has 3 rings (SSSR count). The third-order valence-electron chi connectivity index (χ3n) is 3.72. The van der Waals surface area contributed by atoms with Gasteiger partial charge in [0.1, 0.15) is 0 Å². The number of amides is 1. The Balaban J connectivity index is 1.73. The van der Waals surface area contributed by atoms with Crippen LogP contribution in [-0.4, -0.2) is 14.3 Å². The molecule has 0 spiro atoms. The van der Waals surface area contributed by atoms with E-state index in [1.165, 1.54) is 24.3 Å². The highest BCUT2D eigenvalue weighted by molar-refractivity contribution is 7.89. The molecule has 3 aromatic carbocycles. The predicted octanol–water partition coefficient (Wildman–Crippen LogP) is 2.56. The fourth-order valence-corrected chi connectivity index (χ4v) is 3.20. The Hall–Kier alpha value is -3.16. The van der Waals surface area contributed by atoms with Crippen molar-refractivity contribution in [2.24, 2.45) is 0 Å². The number of carbonyl (C=O) groups excluding carboxylic acids is 1. The van der Waals surface area contributed by atoms with E-state index in [0.717, 1.165) is 11.1 Å². The summed E-state index contributed by atoms with van der Waals surface area (Å²) in [5.41, 5.74) is 10.4. The summed E-state index contributed by atoms with van der Waals surface area (Å²) in [7, 11) is -3.88. The van der Waals surface area contributed by atoms with Crippen LogP contribution in [0.15, 0.2) is 83.8 Å². The van der Waals surface area contributed by atoms with Crippen LogP contribution in [0.2, 0.25) is 0 Å². The van der Waals surface area contributed by atoms with Crippen molar-refractivity contribution in [1.82, 2.24) is 10.3 Å². The van der Waals surface area contributed by atoms with E-state index in [0.29, 0.717) is 11.3 Å². The van der Waals surface area contributed by atoms with E-state index in [1.807, 2.05) is 36.4 Å². The van der Waals surface area contributed by atoms with E-state index in [4.69, 9.17) is 5.73 Å². The average Bonchev–Trinajstić information content (AvgIpc) is 2.67. The zero-order valence-electron chi connectivity index (χ0n) is 13.7. The van der Waals surface area contributed by atoms with E-state index in [2.05, 4.69) is 10.3 Å². The fraction of sp³-hybridized carbons (Fsp3) is 0. The molecule has 0 aliphatic heterocycles. The molecule has 0 radical (unpaired) electrons. The summed E-state index contributed by atoms with van der Waals surface area (Å²) in [6.45, 7) is 0. The van der Waals surface area contributed by atoms with Gasteiger partial charge in [-0.3, -0.25) is 10.2 Å². The molecule has 3 aromatic rings. The molecule has 0 saturated carbocycles. The number of benzene rings is 3. The molecule has 0 saturated heterocycles. The minimum Gasteiger partial charge on any atom is -0.399 e. The molecule has 0 fully saturated rings. The first kappa shape index (κ1) is 17.7. The number of nitrogens with two attached hydrogens (primary N) is 1. The highest BCUT2D eigenvalue weighted by atomic mass is 32.2. The first-order valence-corrected chi connectivity index (χ1v) is 9.27. The van der Waals surface area contributed by atoms with Gasteiger partial charge < -0.3 is 5.73 Å². The predicted molar refractivity (Wildman–Crippen MR) is 101 cm³/mol. The lowest BCUT2D eigenvalue weighted by Gasteiger charge is -2.10. The van der Waals surface area contributed by atoms with Crippen molar-refractivity contribution in [2.75, 3.05) is 5.73 Å². The standard InChI is InChI=1S/C19H17N3O3S/c20-17-9-11-18(12-10-17)26(24,25)22-21-19(23)16-8-4-7-15(13-16)14-5-2-1-3-6-14/h1-13,22H,20H2,(H,21,23). The van der Waals surface area contributed by atoms with Gasteiger partial charge in [-0.25, -0.2) is 8.42 Å². The van der Waals surface area contributed by atoms with Crippen molar-refractivity contribution in [3.63, 3.8) is 0 Å². The van der Waals surface area contributed by atoms with E-state index < -0.39 is 15.9 Å². The number of nitrogens with one attached hydrogen (secondary N) is 2. The van der Waals surface area contributed by atoms with Gasteiger partial charge in [-0.2, -0.15) is 0 Å². The zero-order valence-corrected chi connectivity index (χ0v) is 14.5. The monoisotopic (exact) mass is 367 g/mol. The number of hydrazine groups is 1. The van der Waals surface area contributed by atoms with Crippen LogP contribution in [0.3, 0.4) is 0 Å². The second kappa shape index (κ2) is 7.38. The average molecular weight is 367 g/mol. The quantitative estimate of drug-likeness (QED) is 0.476. The third-order valence-corrected chi connectivity index (χ3v) is 4.98. The Bertz CT molecular complexity index is 1020. The molecule has 0 aromatic heterocycles. The minimum absolute atomic E-state index is 0.00466. The van der Waals surface area contributed by atoms with E-state index in [-0.39, 0.29) is 4.90 Å². The SMILES string of the molecule is Nc1ccc(S(=O)(=O)NNC(=O)c2cccc(-c3ccccc3)c2)cc1. The number of anilines is 1. The maximum Gasteiger partial charge on any atom is 0.266 e. The summed E-state index contributed by atoms with van der Waals surface area (Å²) in [4.78, 5) is 14.4. The second-order valence-corrected chi connectivity index (χ2v) is 7.26. The topological polar surface area (TPSA) is 101 Å². The van der Waals surface area contributed by atoms with Crippen molar-refractivity contribution in [3.8, 4) is 11.1 Å². The van der Waals surface area contributed by atoms with Crippen molar-refractivity contribution in [2.45, 2.75) is 4.90 Å². The molecular formula is C19H17N3O3S. The van der Waals surface area contributed by atoms with E-state index in [9.17, 15) is 13.2 Å². The molecule has 0 unspecified atom stereocenters. The van der Waals surface area contributed by atoms with Crippen molar-refractivity contribution in [1.29, 1.82) is 0 Å². The molecule has 132 valence electrons. The summed E-state index contributed by atoms with van der Waals surface area (Å²) in [5.74, 6) is -0.554. The molecule has 0 heterocycles. The molecule has 7 heteroatoms. The number of carbonyl (C=O) groups is 1. The van der Waals surface area contributed by atoms with Crippen LogP contribution >= 0.6 is 0 Å². The van der Waals surface area contributed by atoms with Crippen LogP contribution in [0.1, 0.15) is 10.4 Å². The fourth-order valence-electron chi connectivity index (χ4n) is 2.36. The summed E-state index contributed by atoms with van der Waals surface area (Å²) in [5, 5.41) is 0. The number of nitrogen functional groups attached to an aromatic ring is 1. The van der Waals surface area contributed by atoms with Crippen LogP contribution in [0.25, 0.3) is 11.1 Å². The summed E-state index contributed by atoms with van der Waals surface area (Å²) < 4.78 is 24.4. The van der Waals surface area contributed by atoms with Gasteiger partial charge >= 0.3 is 0 Å². The van der Waals surface area contributed by atoms with Gasteiger partial charge in [0, 0.05) is 11.3 Å². The maximum absolute atomic E-state index is 12.3. The maximum atomic E-state index is 12.3. The molecule has 4 N–H and O–H groups in total. The van der Waals surface area contributed by atoms with Crippen molar-refractivity contribution in [3.05, 3.63) is 84.4 Å². The molecule has 26 heavy (non-hydrogen) atoms. The highest BCUT2D eigenvalue weighted by Crippen LogP contribution is 2.20. The van der Waals surface area contributed by atoms with Gasteiger partial charge in [-0.1, -0.05) is 42.5 Å². The van der Waals surface area contributed by atoms with Gasteiger partial charge in [0.2, 0.25) is 0 Å². The Labute approximate surface area is 151 Å². The van der Waals surface area contributed by atoms with Gasteiger partial charge in [-0.15, -0.1) is 4.83 Å². The Kier molecular flexibility index (Phi) is 5.01. The number of hydrogen-bond donors (Lipinski definition) is 3. The summed E-state index contributed by atoms with van der Waals surface area (Å²) >= 11 is 0. The van der Waals surface area contributed by atoms with Crippen LogP contribution in [0.4, 0.5) is 5.69 Å². The number of rotatable bonds is 5. The lowest BCUT2D eigenvalue weighted by molar-refractivity contribution is 0.0945. The third kappa shape index (κ3) is 4.08. The van der Waals surface area contributed by atoms with Crippen molar-refractivity contribution < 1.29 is 13.2 Å². The molecule has 6 nitrogen and oxygen atoms in total. The van der Waals surface area contributed by atoms with Gasteiger partial charge in [0.15, 0.2) is 0 Å². The van der Waals surface area contributed by atoms with Gasteiger partial charge in [-0.05, 0) is 47.5 Å². The number of sulfonamides is 1. The van der Waals surface area contributed by atoms with Crippen LogP contribution in [0.5, 0.6) is 0 Å². The molecule has 0 atom stereocenters. The Morgan fingerprint density at radius 1 is 0.808 bits per heavy atom. The van der Waals surface area contributed by atoms with Gasteiger partial charge in [0.25, 0.3) is 15.9 Å². The van der Waals surface area contributed by atoms with E-state index >= 15 is 0 Å². The van der Waals surface area contributed by atoms with Crippen molar-refractivity contribution >= 4 is 21.6 Å². The number of hydrogen-bond acceptors (Lipinski definition) is 4. The molecule has 1 amide bonds. The lowest BCUT2D eigenvalue weighted by Crippen LogP contribution is -2.41. The molecular weight excluding hydrogens is 350 g/mol. The largest absolute Gasteiger partial charge is 0.399 e. The molecule has 0 bridgehead atoms. The molecule has 0 aliphatic rings. The first-order valence-electron chi connectivity index (χ1n) is 7.79. The minimum atomic E-state index is -3.88. The highest BCUT2D eigenvalue weighted by Gasteiger charge is 2.15. The second-order valence-electron chi connectivity index (χ2n) is 5.58. The Morgan fingerprint density at radius 3 is 2.15 bits per heavy atom. The van der Waals surface area contributed by atoms with Crippen LogP contribution < -0.4 is 16.0 Å². The molecule has 0 aliphatic carbocycles. The van der Waals surface area contributed by atoms with Crippen LogP contribution in [-0.2, 0) is 10.0 Å². The zero-order chi connectivity index (χ0) is 18.6. The van der Waals surface area contributed by atoms with Gasteiger partial charge in [0.05, 0.1) is 4.90 Å². The summed E-state index contributed by atoms with van der Waals surface area (Å²) in [6.07, 6.45) is 0. The lowest BCUT2D eigenvalue weighted by atomic mass is 10.0. The van der Waals surface area contributed by atoms with Crippen LogP contribution in [0, 0.1) is 0 Å². The Morgan fingerprint density at radius 2 is 1.46 bits per heavy atom. The normalized spacial score (nSPS) is 11.1. The van der Waals surface area contributed by atoms with E-state index in [1.54, 1.807) is 18.2 Å². The smallest absolute Gasteiger partial charge is 0.266 e. The first-order chi connectivity index (χ1) is 12.5.